The second-order valence-corrected chi connectivity index (χ2v) is 10.2. The first-order chi connectivity index (χ1) is 15.9. The number of hydrogen-bond acceptors (Lipinski definition) is 4. The molecule has 5 rings (SSSR count). The summed E-state index contributed by atoms with van der Waals surface area (Å²) in [5.74, 6) is 0.979. The maximum absolute atomic E-state index is 13.5. The quantitative estimate of drug-likeness (QED) is 0.533. The van der Waals surface area contributed by atoms with Gasteiger partial charge in [0.05, 0.1) is 31.4 Å². The van der Waals surface area contributed by atoms with Gasteiger partial charge >= 0.3 is 0 Å². The minimum atomic E-state index is -0.299. The summed E-state index contributed by atoms with van der Waals surface area (Å²) in [4.78, 5) is 18.0. The van der Waals surface area contributed by atoms with Gasteiger partial charge in [-0.2, -0.15) is 0 Å². The topological polar surface area (TPSA) is 60.9 Å². The van der Waals surface area contributed by atoms with Crippen molar-refractivity contribution in [3.05, 3.63) is 57.1 Å². The summed E-state index contributed by atoms with van der Waals surface area (Å²) in [6.45, 7) is 10.4. The first kappa shape index (κ1) is 22.3. The van der Waals surface area contributed by atoms with E-state index in [-0.39, 0.29) is 11.4 Å². The molecule has 1 fully saturated rings. The highest BCUT2D eigenvalue weighted by molar-refractivity contribution is 5.79. The van der Waals surface area contributed by atoms with Crippen LogP contribution in [-0.2, 0) is 19.4 Å². The van der Waals surface area contributed by atoms with E-state index in [1.54, 1.807) is 6.07 Å². The molecule has 33 heavy (non-hydrogen) atoms. The molecule has 0 spiro atoms. The Hall–Kier alpha value is -2.54. The van der Waals surface area contributed by atoms with Crippen LogP contribution < -0.4 is 5.56 Å². The average molecular weight is 454 g/mol. The highest BCUT2D eigenvalue weighted by Gasteiger charge is 2.38. The van der Waals surface area contributed by atoms with Crippen molar-refractivity contribution in [3.63, 3.8) is 0 Å². The number of piperidine rings is 1. The lowest BCUT2D eigenvalue weighted by Crippen LogP contribution is -2.58. The van der Waals surface area contributed by atoms with Crippen molar-refractivity contribution in [3.8, 4) is 0 Å². The maximum Gasteiger partial charge on any atom is 0.257 e. The van der Waals surface area contributed by atoms with Crippen LogP contribution in [0.5, 0.6) is 0 Å². The molecule has 0 amide bonds. The Balaban J connectivity index is 1.33. The predicted octanol–water partition coefficient (Wildman–Crippen LogP) is 4.51. The van der Waals surface area contributed by atoms with Crippen molar-refractivity contribution in [2.24, 2.45) is 0 Å². The van der Waals surface area contributed by atoms with Gasteiger partial charge in [0.15, 0.2) is 5.58 Å². The molecule has 0 radical (unpaired) electrons. The second-order valence-electron chi connectivity index (χ2n) is 10.2. The Morgan fingerprint density at radius 3 is 2.79 bits per heavy atom. The van der Waals surface area contributed by atoms with Gasteiger partial charge in [-0.25, -0.2) is 9.37 Å². The molecular formula is C26H34FN4O2+. The minimum Gasteiger partial charge on any atom is -0.356 e. The Morgan fingerprint density at radius 1 is 1.24 bits per heavy atom. The first-order valence-electron chi connectivity index (χ1n) is 12.4. The van der Waals surface area contributed by atoms with Gasteiger partial charge < -0.3 is 9.01 Å². The van der Waals surface area contributed by atoms with Gasteiger partial charge in [-0.05, 0) is 45.7 Å². The lowest BCUT2D eigenvalue weighted by Gasteiger charge is -2.47. The van der Waals surface area contributed by atoms with Gasteiger partial charge in [0, 0.05) is 60.9 Å². The van der Waals surface area contributed by atoms with Gasteiger partial charge in [-0.15, -0.1) is 0 Å². The summed E-state index contributed by atoms with van der Waals surface area (Å²) in [6, 6.07) is 5.15. The van der Waals surface area contributed by atoms with E-state index in [4.69, 9.17) is 9.51 Å². The van der Waals surface area contributed by atoms with E-state index in [9.17, 15) is 9.18 Å². The lowest BCUT2D eigenvalue weighted by molar-refractivity contribution is -0.952. The SMILES string of the molecule is Cc1nc2n(c(=O)c1CC[N+]1(C(C)C)CCC(c3noc4cc(F)ccc34)CC1)CCCC2. The van der Waals surface area contributed by atoms with Crippen molar-refractivity contribution in [1.82, 2.24) is 14.7 Å². The summed E-state index contributed by atoms with van der Waals surface area (Å²) >= 11 is 0. The maximum atomic E-state index is 13.5. The molecule has 1 saturated heterocycles. The Labute approximate surface area is 194 Å². The van der Waals surface area contributed by atoms with Gasteiger partial charge in [0.1, 0.15) is 11.6 Å². The fourth-order valence-electron chi connectivity index (χ4n) is 5.93. The standard InChI is InChI=1S/C26H34FN4O2/c1-17(2)31(15-11-21-18(3)28-24-6-4-5-12-30(24)26(21)32)13-9-19(10-14-31)25-22-8-7-20(27)16-23(22)33-29-25/h7-8,16-17,19H,4-6,9-15H2,1-3H3/q+1. The molecule has 0 unspecified atom stereocenters. The number of halogens is 1. The van der Waals surface area contributed by atoms with Crippen LogP contribution in [0.3, 0.4) is 0 Å². The van der Waals surface area contributed by atoms with Crippen molar-refractivity contribution in [2.45, 2.75) is 77.8 Å². The number of likely N-dealkylation sites (tertiary alicyclic amines) is 1. The van der Waals surface area contributed by atoms with Gasteiger partial charge in [0.2, 0.25) is 0 Å². The van der Waals surface area contributed by atoms with Crippen LogP contribution in [0.1, 0.15) is 68.2 Å². The zero-order chi connectivity index (χ0) is 23.2. The molecule has 3 aromatic rings. The molecule has 0 saturated carbocycles. The number of aromatic nitrogens is 3. The summed E-state index contributed by atoms with van der Waals surface area (Å²) in [5, 5.41) is 5.24. The predicted molar refractivity (Wildman–Crippen MR) is 126 cm³/mol. The van der Waals surface area contributed by atoms with E-state index < -0.39 is 0 Å². The summed E-state index contributed by atoms with van der Waals surface area (Å²) in [5.41, 5.74) is 3.46. The van der Waals surface area contributed by atoms with E-state index in [1.807, 2.05) is 11.5 Å². The molecule has 0 bridgehead atoms. The fourth-order valence-corrected chi connectivity index (χ4v) is 5.93. The number of aryl methyl sites for hydroxylation is 2. The monoisotopic (exact) mass is 453 g/mol. The van der Waals surface area contributed by atoms with Crippen LogP contribution in [0.2, 0.25) is 0 Å². The summed E-state index contributed by atoms with van der Waals surface area (Å²) in [6.07, 6.45) is 5.89. The smallest absolute Gasteiger partial charge is 0.257 e. The van der Waals surface area contributed by atoms with Gasteiger partial charge in [0.25, 0.3) is 5.56 Å². The molecule has 2 aliphatic heterocycles. The molecule has 4 heterocycles. The highest BCUT2D eigenvalue weighted by Crippen LogP contribution is 2.36. The van der Waals surface area contributed by atoms with Crippen LogP contribution in [0, 0.1) is 12.7 Å². The molecular weight excluding hydrogens is 419 g/mol. The summed E-state index contributed by atoms with van der Waals surface area (Å²) in [7, 11) is 0. The third-order valence-corrected chi connectivity index (χ3v) is 8.18. The van der Waals surface area contributed by atoms with Crippen molar-refractivity contribution >= 4 is 11.0 Å². The van der Waals surface area contributed by atoms with Gasteiger partial charge in [-0.1, -0.05) is 5.16 Å². The average Bonchev–Trinajstić information content (AvgIpc) is 3.22. The molecule has 2 aromatic heterocycles. The van der Waals surface area contributed by atoms with Crippen LogP contribution in [0.4, 0.5) is 4.39 Å². The van der Waals surface area contributed by atoms with Gasteiger partial charge in [-0.3, -0.25) is 9.36 Å². The van der Waals surface area contributed by atoms with Crippen molar-refractivity contribution in [1.29, 1.82) is 0 Å². The Morgan fingerprint density at radius 2 is 2.03 bits per heavy atom. The molecule has 0 N–H and O–H groups in total. The molecule has 2 aliphatic rings. The largest absolute Gasteiger partial charge is 0.356 e. The third-order valence-electron chi connectivity index (χ3n) is 8.18. The molecule has 0 atom stereocenters. The van der Waals surface area contributed by atoms with Crippen LogP contribution in [0.15, 0.2) is 27.5 Å². The molecule has 7 heteroatoms. The van der Waals surface area contributed by atoms with Crippen LogP contribution >= 0.6 is 0 Å². The van der Waals surface area contributed by atoms with Crippen LogP contribution in [0.25, 0.3) is 11.0 Å². The zero-order valence-electron chi connectivity index (χ0n) is 19.9. The number of nitrogens with zero attached hydrogens (tertiary/aromatic N) is 4. The molecule has 176 valence electrons. The number of benzene rings is 1. The van der Waals surface area contributed by atoms with Crippen molar-refractivity contribution < 1.29 is 13.4 Å². The normalized spacial score (nSPS) is 23.2. The second kappa shape index (κ2) is 8.67. The Bertz CT molecular complexity index is 1220. The van der Waals surface area contributed by atoms with E-state index in [0.717, 1.165) is 97.3 Å². The molecule has 0 aliphatic carbocycles. The van der Waals surface area contributed by atoms with Crippen molar-refractivity contribution in [2.75, 3.05) is 19.6 Å². The molecule has 6 nitrogen and oxygen atoms in total. The highest BCUT2D eigenvalue weighted by atomic mass is 19.1. The van der Waals surface area contributed by atoms with E-state index in [0.29, 0.717) is 17.5 Å². The first-order valence-corrected chi connectivity index (χ1v) is 12.4. The number of rotatable bonds is 5. The van der Waals surface area contributed by atoms with E-state index in [2.05, 4.69) is 19.0 Å². The number of hydrogen-bond donors (Lipinski definition) is 0. The minimum absolute atomic E-state index is 0.176. The number of fused-ring (bicyclic) bond motifs is 2. The third kappa shape index (κ3) is 4.01. The Kier molecular flexibility index (Phi) is 5.85. The van der Waals surface area contributed by atoms with E-state index >= 15 is 0 Å². The van der Waals surface area contributed by atoms with E-state index in [1.165, 1.54) is 12.1 Å². The lowest BCUT2D eigenvalue weighted by atomic mass is 9.88. The number of quaternary nitrogens is 1. The summed E-state index contributed by atoms with van der Waals surface area (Å²) < 4.78 is 21.9. The molecule has 1 aromatic carbocycles. The zero-order valence-corrected chi connectivity index (χ0v) is 19.9. The fraction of sp³-hybridized carbons (Fsp3) is 0.577. The van der Waals surface area contributed by atoms with Crippen LogP contribution in [-0.4, -0.2) is 44.9 Å².